The second kappa shape index (κ2) is 8.36. The van der Waals surface area contributed by atoms with Crippen molar-refractivity contribution in [1.82, 2.24) is 25.5 Å². The van der Waals surface area contributed by atoms with Gasteiger partial charge in [-0.2, -0.15) is 0 Å². The number of aryl methyl sites for hydroxylation is 2. The Hall–Kier alpha value is -2.06. The summed E-state index contributed by atoms with van der Waals surface area (Å²) in [5.74, 6) is 1.53. The minimum Gasteiger partial charge on any atom is -0.335 e. The first-order valence-corrected chi connectivity index (χ1v) is 11.4. The molecule has 1 aliphatic carbocycles. The maximum Gasteiger partial charge on any atom is 0.316 e. The van der Waals surface area contributed by atoms with Gasteiger partial charge in [-0.25, -0.2) is 4.79 Å². The van der Waals surface area contributed by atoms with Crippen LogP contribution in [0.2, 0.25) is 0 Å². The maximum absolute atomic E-state index is 13.1. The minimum atomic E-state index is -0.138. The van der Waals surface area contributed by atoms with E-state index in [1.165, 1.54) is 0 Å². The van der Waals surface area contributed by atoms with Crippen molar-refractivity contribution in [1.29, 1.82) is 0 Å². The molecule has 3 heterocycles. The van der Waals surface area contributed by atoms with Crippen molar-refractivity contribution in [3.63, 3.8) is 0 Å². The minimum absolute atomic E-state index is 0.0166. The first-order chi connectivity index (χ1) is 13.9. The predicted octanol–water partition coefficient (Wildman–Crippen LogP) is 2.43. The lowest BCUT2D eigenvalue weighted by Crippen LogP contribution is -2.49. The number of amides is 2. The van der Waals surface area contributed by atoms with Crippen LogP contribution in [0.5, 0.6) is 0 Å². The maximum atomic E-state index is 13.1. The average Bonchev–Trinajstić information content (AvgIpc) is 3.19. The van der Waals surface area contributed by atoms with Crippen LogP contribution < -0.4 is 21.5 Å². The van der Waals surface area contributed by atoms with Crippen molar-refractivity contribution in [3.8, 4) is 0 Å². The van der Waals surface area contributed by atoms with Crippen LogP contribution in [0.3, 0.4) is 0 Å². The number of carbonyl (C=O) groups is 1. The SMILES string of the molecule is Cc1cc2c(cn1)cc(C1CC(NC(=O)NC3NCCS3)CCC1C)c(=O)n2C. The van der Waals surface area contributed by atoms with E-state index in [9.17, 15) is 9.59 Å². The van der Waals surface area contributed by atoms with Crippen LogP contribution in [0.15, 0.2) is 23.1 Å². The molecule has 1 aliphatic heterocycles. The Morgan fingerprint density at radius 1 is 1.31 bits per heavy atom. The van der Waals surface area contributed by atoms with E-state index < -0.39 is 0 Å². The number of hydrogen-bond donors (Lipinski definition) is 3. The molecule has 1 saturated heterocycles. The van der Waals surface area contributed by atoms with Crippen molar-refractivity contribution < 1.29 is 4.79 Å². The number of aromatic nitrogens is 2. The molecule has 2 aromatic heterocycles. The van der Waals surface area contributed by atoms with Crippen LogP contribution in [-0.2, 0) is 7.05 Å². The molecule has 2 fully saturated rings. The number of fused-ring (bicyclic) bond motifs is 1. The first kappa shape index (κ1) is 20.2. The zero-order valence-electron chi connectivity index (χ0n) is 17.2. The fraction of sp³-hybridized carbons (Fsp3) is 0.571. The van der Waals surface area contributed by atoms with Crippen molar-refractivity contribution in [2.45, 2.75) is 50.6 Å². The van der Waals surface area contributed by atoms with Gasteiger partial charge in [-0.1, -0.05) is 6.92 Å². The Balaban J connectivity index is 1.54. The predicted molar refractivity (Wildman–Crippen MR) is 117 cm³/mol. The zero-order chi connectivity index (χ0) is 20.5. The molecule has 2 amide bonds. The van der Waals surface area contributed by atoms with Gasteiger partial charge < -0.3 is 15.2 Å². The van der Waals surface area contributed by atoms with Crippen LogP contribution in [0, 0.1) is 12.8 Å². The summed E-state index contributed by atoms with van der Waals surface area (Å²) in [7, 11) is 1.83. The number of rotatable bonds is 3. The van der Waals surface area contributed by atoms with Crippen LogP contribution in [-0.4, -0.2) is 39.4 Å². The number of nitrogens with zero attached hydrogens (tertiary/aromatic N) is 2. The summed E-state index contributed by atoms with van der Waals surface area (Å²) in [4.78, 5) is 29.9. The van der Waals surface area contributed by atoms with Crippen LogP contribution in [0.4, 0.5) is 4.79 Å². The van der Waals surface area contributed by atoms with E-state index in [0.717, 1.165) is 53.7 Å². The summed E-state index contributed by atoms with van der Waals surface area (Å²) in [5, 5.41) is 10.3. The third kappa shape index (κ3) is 4.28. The Morgan fingerprint density at radius 2 is 2.14 bits per heavy atom. The van der Waals surface area contributed by atoms with Gasteiger partial charge in [-0.05, 0) is 50.2 Å². The fourth-order valence-corrected chi connectivity index (χ4v) is 5.40. The van der Waals surface area contributed by atoms with Crippen molar-refractivity contribution in [3.05, 3.63) is 39.9 Å². The molecule has 2 aromatic rings. The fourth-order valence-electron chi connectivity index (χ4n) is 4.51. The molecule has 1 saturated carbocycles. The summed E-state index contributed by atoms with van der Waals surface area (Å²) in [6, 6.07) is 3.89. The number of hydrogen-bond acceptors (Lipinski definition) is 5. The molecule has 7 nitrogen and oxygen atoms in total. The normalized spacial score (nSPS) is 27.1. The number of thioether (sulfide) groups is 1. The van der Waals surface area contributed by atoms with Crippen molar-refractivity contribution in [2.75, 3.05) is 12.3 Å². The molecule has 4 atom stereocenters. The third-order valence-electron chi connectivity index (χ3n) is 6.18. The standard InChI is InChI=1S/C21H29N5O2S/c1-12-4-5-15(24-20(28)25-21-22-6-7-29-21)10-16(12)17-9-14-11-23-13(2)8-18(14)26(3)19(17)27/h8-9,11-12,15-16,21-22H,4-7,10H2,1-3H3,(H2,24,25,28). The highest BCUT2D eigenvalue weighted by molar-refractivity contribution is 8.00. The first-order valence-electron chi connectivity index (χ1n) is 10.3. The second-order valence-corrected chi connectivity index (χ2v) is 9.48. The van der Waals surface area contributed by atoms with E-state index in [2.05, 4.69) is 27.9 Å². The number of urea groups is 1. The monoisotopic (exact) mass is 415 g/mol. The molecule has 156 valence electrons. The highest BCUT2D eigenvalue weighted by Gasteiger charge is 2.32. The smallest absolute Gasteiger partial charge is 0.316 e. The lowest BCUT2D eigenvalue weighted by Gasteiger charge is -2.35. The van der Waals surface area contributed by atoms with E-state index in [4.69, 9.17) is 0 Å². The molecule has 4 unspecified atom stereocenters. The van der Waals surface area contributed by atoms with E-state index in [-0.39, 0.29) is 29.0 Å². The van der Waals surface area contributed by atoms with Gasteiger partial charge in [0.2, 0.25) is 0 Å². The van der Waals surface area contributed by atoms with Gasteiger partial charge in [0, 0.05) is 48.2 Å². The van der Waals surface area contributed by atoms with Crippen molar-refractivity contribution >= 4 is 28.7 Å². The third-order valence-corrected chi connectivity index (χ3v) is 7.24. The van der Waals surface area contributed by atoms with Crippen molar-refractivity contribution in [2.24, 2.45) is 13.0 Å². The molecule has 0 aromatic carbocycles. The van der Waals surface area contributed by atoms with Crippen LogP contribution in [0.25, 0.3) is 10.9 Å². The molecule has 0 bridgehead atoms. The van der Waals surface area contributed by atoms with Crippen LogP contribution >= 0.6 is 11.8 Å². The summed E-state index contributed by atoms with van der Waals surface area (Å²) in [6.07, 6.45) is 4.54. The topological polar surface area (TPSA) is 88.1 Å². The Kier molecular flexibility index (Phi) is 5.83. The van der Waals surface area contributed by atoms with E-state index in [1.807, 2.05) is 32.3 Å². The molecule has 0 radical (unpaired) electrons. The highest BCUT2D eigenvalue weighted by atomic mass is 32.2. The van der Waals surface area contributed by atoms with Gasteiger partial charge in [-0.15, -0.1) is 11.8 Å². The highest BCUT2D eigenvalue weighted by Crippen LogP contribution is 2.37. The molecule has 4 rings (SSSR count). The molecule has 0 spiro atoms. The quantitative estimate of drug-likeness (QED) is 0.717. The zero-order valence-corrected chi connectivity index (χ0v) is 18.0. The Labute approximate surface area is 175 Å². The van der Waals surface area contributed by atoms with E-state index in [1.54, 1.807) is 16.3 Å². The van der Waals surface area contributed by atoms with Gasteiger partial charge in [-0.3, -0.25) is 15.1 Å². The lowest BCUT2D eigenvalue weighted by molar-refractivity contribution is 0.221. The van der Waals surface area contributed by atoms with Gasteiger partial charge >= 0.3 is 6.03 Å². The molecular weight excluding hydrogens is 386 g/mol. The van der Waals surface area contributed by atoms with Gasteiger partial charge in [0.15, 0.2) is 0 Å². The second-order valence-electron chi connectivity index (χ2n) is 8.26. The number of carbonyl (C=O) groups excluding carboxylic acids is 1. The molecule has 3 N–H and O–H groups in total. The van der Waals surface area contributed by atoms with E-state index >= 15 is 0 Å². The number of nitrogens with one attached hydrogen (secondary N) is 3. The molecule has 29 heavy (non-hydrogen) atoms. The van der Waals surface area contributed by atoms with Crippen LogP contribution in [0.1, 0.15) is 43.4 Å². The molecular formula is C21H29N5O2S. The summed E-state index contributed by atoms with van der Waals surface area (Å²) >= 11 is 1.70. The molecule has 2 aliphatic rings. The van der Waals surface area contributed by atoms with Gasteiger partial charge in [0.1, 0.15) is 5.50 Å². The lowest BCUT2D eigenvalue weighted by atomic mass is 9.74. The Bertz CT molecular complexity index is 969. The summed E-state index contributed by atoms with van der Waals surface area (Å²) < 4.78 is 1.73. The van der Waals surface area contributed by atoms with Gasteiger partial charge in [0.05, 0.1) is 5.52 Å². The average molecular weight is 416 g/mol. The van der Waals surface area contributed by atoms with E-state index in [0.29, 0.717) is 5.92 Å². The number of pyridine rings is 2. The Morgan fingerprint density at radius 3 is 2.90 bits per heavy atom. The van der Waals surface area contributed by atoms with Gasteiger partial charge in [0.25, 0.3) is 5.56 Å². The summed E-state index contributed by atoms with van der Waals surface area (Å²) in [6.45, 7) is 5.05. The summed E-state index contributed by atoms with van der Waals surface area (Å²) in [5.41, 5.74) is 2.67. The largest absolute Gasteiger partial charge is 0.335 e. The molecule has 8 heteroatoms.